The van der Waals surface area contributed by atoms with Gasteiger partial charge in [0.1, 0.15) is 10.8 Å². The molecule has 0 fully saturated rings. The number of aromatic nitrogens is 1. The lowest BCUT2D eigenvalue weighted by Crippen LogP contribution is -2.40. The normalized spacial score (nSPS) is 10.8. The lowest BCUT2D eigenvalue weighted by atomic mass is 10.3. The molecule has 2 aromatic carbocycles. The largest absolute Gasteiger partial charge is 0.497 e. The van der Waals surface area contributed by atoms with Crippen LogP contribution < -0.4 is 15.4 Å². The molecular weight excluding hydrogens is 364 g/mol. The highest BCUT2D eigenvalue weighted by molar-refractivity contribution is 7.18. The van der Waals surface area contributed by atoms with E-state index in [-0.39, 0.29) is 12.5 Å². The molecule has 7 nitrogen and oxygen atoms in total. The minimum atomic E-state index is -0.571. The van der Waals surface area contributed by atoms with Gasteiger partial charge >= 0.3 is 6.03 Å². The van der Waals surface area contributed by atoms with E-state index in [0.717, 1.165) is 15.2 Å². The van der Waals surface area contributed by atoms with Crippen LogP contribution >= 0.6 is 11.3 Å². The second-order valence-corrected chi connectivity index (χ2v) is 7.09. The number of likely N-dealkylation sites (N-methyl/N-ethyl adjacent to an activating group) is 1. The maximum atomic E-state index is 12.1. The third kappa shape index (κ3) is 5.25. The van der Waals surface area contributed by atoms with Gasteiger partial charge in [0.25, 0.3) is 0 Å². The average Bonchev–Trinajstić information content (AvgIpc) is 3.03. The summed E-state index contributed by atoms with van der Waals surface area (Å²) in [5, 5.41) is 5.86. The number of imide groups is 1. The summed E-state index contributed by atoms with van der Waals surface area (Å²) in [4.78, 5) is 30.4. The maximum Gasteiger partial charge on any atom is 0.325 e. The van der Waals surface area contributed by atoms with Crippen LogP contribution in [0.4, 0.5) is 10.5 Å². The van der Waals surface area contributed by atoms with Gasteiger partial charge in [-0.15, -0.1) is 11.3 Å². The second-order valence-electron chi connectivity index (χ2n) is 5.98. The number of rotatable bonds is 6. The third-order valence-corrected chi connectivity index (χ3v) is 4.78. The first-order valence-corrected chi connectivity index (χ1v) is 9.13. The van der Waals surface area contributed by atoms with Gasteiger partial charge in [-0.25, -0.2) is 9.78 Å². The van der Waals surface area contributed by atoms with Gasteiger partial charge in [-0.1, -0.05) is 12.1 Å². The Kier molecular flexibility index (Phi) is 6.00. The molecule has 0 atom stereocenters. The molecule has 3 aromatic rings. The van der Waals surface area contributed by atoms with Gasteiger partial charge in [0.05, 0.1) is 30.4 Å². The Morgan fingerprint density at radius 1 is 1.15 bits per heavy atom. The number of benzene rings is 2. The third-order valence-electron chi connectivity index (χ3n) is 3.76. The second kappa shape index (κ2) is 8.61. The molecule has 1 aromatic heterocycles. The van der Waals surface area contributed by atoms with Crippen molar-refractivity contribution in [3.05, 3.63) is 53.5 Å². The highest BCUT2D eigenvalue weighted by Gasteiger charge is 2.13. The van der Waals surface area contributed by atoms with E-state index >= 15 is 0 Å². The molecular formula is C19H20N4O3S. The van der Waals surface area contributed by atoms with E-state index in [1.54, 1.807) is 42.7 Å². The predicted octanol–water partition coefficient (Wildman–Crippen LogP) is 3.09. The Hall–Kier alpha value is -2.97. The minimum Gasteiger partial charge on any atom is -0.497 e. The molecule has 0 bridgehead atoms. The van der Waals surface area contributed by atoms with Gasteiger partial charge in [0.15, 0.2) is 0 Å². The Balaban J connectivity index is 1.47. The number of thiazole rings is 1. The molecule has 3 amide bonds. The van der Waals surface area contributed by atoms with Crippen molar-refractivity contribution in [1.29, 1.82) is 0 Å². The van der Waals surface area contributed by atoms with Crippen LogP contribution in [0.15, 0.2) is 48.5 Å². The summed E-state index contributed by atoms with van der Waals surface area (Å²) in [6.45, 7) is 0.624. The zero-order valence-electron chi connectivity index (χ0n) is 15.1. The van der Waals surface area contributed by atoms with Crippen molar-refractivity contribution in [2.75, 3.05) is 26.0 Å². The number of anilines is 1. The summed E-state index contributed by atoms with van der Waals surface area (Å²) < 4.78 is 6.17. The Morgan fingerprint density at radius 2 is 1.89 bits per heavy atom. The first kappa shape index (κ1) is 18.8. The van der Waals surface area contributed by atoms with E-state index in [0.29, 0.717) is 18.0 Å². The van der Waals surface area contributed by atoms with E-state index in [1.807, 2.05) is 36.2 Å². The van der Waals surface area contributed by atoms with Crippen molar-refractivity contribution in [1.82, 2.24) is 15.2 Å². The highest BCUT2D eigenvalue weighted by Crippen LogP contribution is 2.22. The fourth-order valence-corrected chi connectivity index (χ4v) is 3.57. The van der Waals surface area contributed by atoms with Crippen LogP contribution in [0.25, 0.3) is 10.2 Å². The summed E-state index contributed by atoms with van der Waals surface area (Å²) in [5.41, 5.74) is 1.53. The van der Waals surface area contributed by atoms with E-state index in [2.05, 4.69) is 15.6 Å². The molecule has 0 saturated carbocycles. The SMILES string of the molecule is COc1ccc(NC(=O)NC(=O)CN(C)Cc2nc3ccccc3s2)cc1. The number of carbonyl (C=O) groups excluding carboxylic acids is 2. The quantitative estimate of drug-likeness (QED) is 0.682. The molecule has 0 saturated heterocycles. The molecule has 8 heteroatoms. The fourth-order valence-electron chi connectivity index (χ4n) is 2.52. The summed E-state index contributed by atoms with van der Waals surface area (Å²) >= 11 is 1.60. The number of methoxy groups -OCH3 is 1. The van der Waals surface area contributed by atoms with Crippen LogP contribution in [-0.4, -0.2) is 42.5 Å². The maximum absolute atomic E-state index is 12.1. The monoisotopic (exact) mass is 384 g/mol. The number of carbonyl (C=O) groups is 2. The number of para-hydroxylation sites is 1. The number of hydrogen-bond donors (Lipinski definition) is 2. The van der Waals surface area contributed by atoms with Crippen molar-refractivity contribution < 1.29 is 14.3 Å². The smallest absolute Gasteiger partial charge is 0.325 e. The van der Waals surface area contributed by atoms with Crippen LogP contribution in [0.3, 0.4) is 0 Å². The van der Waals surface area contributed by atoms with Crippen LogP contribution in [0.1, 0.15) is 5.01 Å². The van der Waals surface area contributed by atoms with Crippen LogP contribution in [0.2, 0.25) is 0 Å². The van der Waals surface area contributed by atoms with Gasteiger partial charge in [0, 0.05) is 5.69 Å². The number of amides is 3. The molecule has 0 aliphatic heterocycles. The van der Waals surface area contributed by atoms with Crippen molar-refractivity contribution >= 4 is 39.2 Å². The first-order chi connectivity index (χ1) is 13.0. The lowest BCUT2D eigenvalue weighted by Gasteiger charge is -2.14. The average molecular weight is 384 g/mol. The van der Waals surface area contributed by atoms with E-state index < -0.39 is 6.03 Å². The van der Waals surface area contributed by atoms with Crippen molar-refractivity contribution in [3.8, 4) is 5.75 Å². The van der Waals surface area contributed by atoms with Gasteiger partial charge in [-0.2, -0.15) is 0 Å². The van der Waals surface area contributed by atoms with E-state index in [9.17, 15) is 9.59 Å². The summed E-state index contributed by atoms with van der Waals surface area (Å²) in [5.74, 6) is 0.304. The lowest BCUT2D eigenvalue weighted by molar-refractivity contribution is -0.120. The minimum absolute atomic E-state index is 0.0892. The first-order valence-electron chi connectivity index (χ1n) is 8.31. The topological polar surface area (TPSA) is 83.6 Å². The fraction of sp³-hybridized carbons (Fsp3) is 0.211. The summed E-state index contributed by atoms with van der Waals surface area (Å²) in [7, 11) is 3.38. The number of nitrogens with one attached hydrogen (secondary N) is 2. The molecule has 2 N–H and O–H groups in total. The highest BCUT2D eigenvalue weighted by atomic mass is 32.1. The van der Waals surface area contributed by atoms with Gasteiger partial charge < -0.3 is 10.1 Å². The molecule has 0 spiro atoms. The molecule has 27 heavy (non-hydrogen) atoms. The predicted molar refractivity (Wildman–Crippen MR) is 106 cm³/mol. The van der Waals surface area contributed by atoms with Crippen LogP contribution in [0, 0.1) is 0 Å². The van der Waals surface area contributed by atoms with Gasteiger partial charge in [0.2, 0.25) is 5.91 Å². The molecule has 0 unspecified atom stereocenters. The van der Waals surface area contributed by atoms with E-state index in [1.165, 1.54) is 0 Å². The Bertz CT molecular complexity index is 907. The molecule has 0 aliphatic rings. The molecule has 3 rings (SSSR count). The number of ether oxygens (including phenoxy) is 1. The summed E-state index contributed by atoms with van der Waals surface area (Å²) in [6.07, 6.45) is 0. The zero-order valence-corrected chi connectivity index (χ0v) is 15.9. The standard InChI is InChI=1S/C19H20N4O3S/c1-23(12-18-21-15-5-3-4-6-16(15)27-18)11-17(24)22-19(25)20-13-7-9-14(26-2)10-8-13/h3-10H,11-12H2,1-2H3,(H2,20,22,24,25). The molecule has 140 valence electrons. The number of urea groups is 1. The van der Waals surface area contributed by atoms with Crippen LogP contribution in [0.5, 0.6) is 5.75 Å². The number of nitrogens with zero attached hydrogens (tertiary/aromatic N) is 2. The van der Waals surface area contributed by atoms with Gasteiger partial charge in [-0.05, 0) is 43.4 Å². The van der Waals surface area contributed by atoms with Crippen molar-refractivity contribution in [2.45, 2.75) is 6.54 Å². The van der Waals surface area contributed by atoms with Crippen molar-refractivity contribution in [2.24, 2.45) is 0 Å². The van der Waals surface area contributed by atoms with Crippen LogP contribution in [-0.2, 0) is 11.3 Å². The van der Waals surface area contributed by atoms with Crippen molar-refractivity contribution in [3.63, 3.8) is 0 Å². The zero-order chi connectivity index (χ0) is 19.2. The van der Waals surface area contributed by atoms with E-state index in [4.69, 9.17) is 4.74 Å². The van der Waals surface area contributed by atoms with Gasteiger partial charge in [-0.3, -0.25) is 15.0 Å². The summed E-state index contributed by atoms with van der Waals surface area (Å²) in [6, 6.07) is 14.2. The Morgan fingerprint density at radius 3 is 2.59 bits per heavy atom. The molecule has 0 aliphatic carbocycles. The molecule has 1 heterocycles. The number of hydrogen-bond acceptors (Lipinski definition) is 6. The number of fused-ring (bicyclic) bond motifs is 1. The molecule has 0 radical (unpaired) electrons. The Labute approximate surface area is 161 Å².